The highest BCUT2D eigenvalue weighted by molar-refractivity contribution is 5.68. The Kier molecular flexibility index (Phi) is 9.54. The summed E-state index contributed by atoms with van der Waals surface area (Å²) in [6.07, 6.45) is -13.9. The van der Waals surface area contributed by atoms with E-state index in [9.17, 15) is 35.5 Å². The third kappa shape index (κ3) is 10.5. The minimum Gasteiger partial charge on any atom is -0.469 e. The van der Waals surface area contributed by atoms with Gasteiger partial charge in [0.15, 0.2) is 6.86 Å². The summed E-state index contributed by atoms with van der Waals surface area (Å²) in [5.74, 6) is -0.123. The van der Waals surface area contributed by atoms with E-state index in [1.807, 2.05) is 6.92 Å². The van der Waals surface area contributed by atoms with E-state index in [1.165, 1.54) is 7.11 Å². The van der Waals surface area contributed by atoms with Gasteiger partial charge in [-0.2, -0.15) is 26.3 Å². The van der Waals surface area contributed by atoms with Crippen molar-refractivity contribution in [1.29, 1.82) is 0 Å². The first kappa shape index (κ1) is 20.3. The second-order valence-corrected chi connectivity index (χ2v) is 3.07. The third-order valence-electron chi connectivity index (χ3n) is 1.51. The van der Waals surface area contributed by atoms with Gasteiger partial charge >= 0.3 is 18.3 Å². The largest absolute Gasteiger partial charge is 0.469 e. The number of alkyl halides is 7. The van der Waals surface area contributed by atoms with Crippen molar-refractivity contribution in [2.45, 2.75) is 38.2 Å². The van der Waals surface area contributed by atoms with Crippen LogP contribution in [0.4, 0.5) is 30.7 Å². The highest BCUT2D eigenvalue weighted by Gasteiger charge is 2.58. The fourth-order valence-corrected chi connectivity index (χ4v) is 0.744. The van der Waals surface area contributed by atoms with E-state index in [-0.39, 0.29) is 5.97 Å². The summed E-state index contributed by atoms with van der Waals surface area (Å²) in [4.78, 5) is 10.2. The van der Waals surface area contributed by atoms with Crippen molar-refractivity contribution in [2.75, 3.05) is 14.0 Å². The molecule has 0 aliphatic carbocycles. The molecule has 0 aromatic heterocycles. The van der Waals surface area contributed by atoms with Gasteiger partial charge in [-0.05, 0) is 6.42 Å². The highest BCUT2D eigenvalue weighted by atomic mass is 19.4. The number of halogens is 7. The maximum absolute atomic E-state index is 11.4. The summed E-state index contributed by atoms with van der Waals surface area (Å²) in [6, 6.07) is 0. The zero-order valence-electron chi connectivity index (χ0n) is 10.1. The molecular formula is C9H13F7O3. The second kappa shape index (κ2) is 8.94. The number of hydrogen-bond acceptors (Lipinski definition) is 3. The van der Waals surface area contributed by atoms with Crippen molar-refractivity contribution in [3.63, 3.8) is 0 Å². The van der Waals surface area contributed by atoms with E-state index in [1.54, 1.807) is 0 Å². The molecule has 0 saturated heterocycles. The first-order chi connectivity index (χ1) is 8.50. The van der Waals surface area contributed by atoms with Crippen molar-refractivity contribution >= 4 is 5.97 Å². The molecule has 10 heteroatoms. The molecule has 0 spiro atoms. The molecule has 0 saturated carbocycles. The Balaban J connectivity index is 0. The lowest BCUT2D eigenvalue weighted by molar-refractivity contribution is -0.327. The smallest absolute Gasteiger partial charge is 0.423 e. The van der Waals surface area contributed by atoms with Gasteiger partial charge in [-0.25, -0.2) is 4.39 Å². The topological polar surface area (TPSA) is 35.5 Å². The van der Waals surface area contributed by atoms with Crippen LogP contribution in [-0.4, -0.2) is 38.4 Å². The molecule has 0 aromatic rings. The van der Waals surface area contributed by atoms with Crippen molar-refractivity contribution in [3.8, 4) is 0 Å². The number of ether oxygens (including phenoxy) is 2. The zero-order chi connectivity index (χ0) is 15.7. The summed E-state index contributed by atoms with van der Waals surface area (Å²) in [6.45, 7) is -0.194. The molecule has 0 atom stereocenters. The van der Waals surface area contributed by atoms with Gasteiger partial charge in [-0.3, -0.25) is 4.79 Å². The molecule has 0 aromatic carbocycles. The van der Waals surface area contributed by atoms with E-state index in [0.29, 0.717) is 6.42 Å². The molecule has 0 heterocycles. The number of rotatable bonds is 4. The van der Waals surface area contributed by atoms with Gasteiger partial charge in [-0.15, -0.1) is 0 Å². The zero-order valence-corrected chi connectivity index (χ0v) is 10.1. The maximum Gasteiger partial charge on any atom is 0.423 e. The Morgan fingerprint density at radius 2 is 1.53 bits per heavy atom. The van der Waals surface area contributed by atoms with Crippen LogP contribution in [0.5, 0.6) is 0 Å². The Hall–Kier alpha value is -1.06. The Morgan fingerprint density at radius 3 is 1.63 bits per heavy atom. The van der Waals surface area contributed by atoms with Gasteiger partial charge in [0, 0.05) is 6.42 Å². The standard InChI is InChI=1S/C5H10O2.C4H3F7O/c1-3-4-5(6)7-2;5-1-12-2(3(6,7)8)4(9,10)11/h3-4H2,1-2H3;2H,1H2. The van der Waals surface area contributed by atoms with Crippen molar-refractivity contribution in [3.05, 3.63) is 0 Å². The molecule has 0 radical (unpaired) electrons. The van der Waals surface area contributed by atoms with E-state index >= 15 is 0 Å². The molecule has 116 valence electrons. The molecular weight excluding hydrogens is 289 g/mol. The number of carbonyl (C=O) groups excluding carboxylic acids is 1. The predicted molar refractivity (Wildman–Crippen MR) is 49.9 cm³/mol. The molecule has 0 aliphatic rings. The van der Waals surface area contributed by atoms with Crippen LogP contribution in [0, 0.1) is 0 Å². The molecule has 0 fully saturated rings. The molecule has 3 nitrogen and oxygen atoms in total. The van der Waals surface area contributed by atoms with Crippen molar-refractivity contribution in [2.24, 2.45) is 0 Å². The molecule has 0 rings (SSSR count). The fourth-order valence-electron chi connectivity index (χ4n) is 0.744. The Morgan fingerprint density at radius 1 is 1.11 bits per heavy atom. The first-order valence-corrected chi connectivity index (χ1v) is 4.88. The van der Waals surface area contributed by atoms with Gasteiger partial charge < -0.3 is 9.47 Å². The lowest BCUT2D eigenvalue weighted by Crippen LogP contribution is -2.44. The summed E-state index contributed by atoms with van der Waals surface area (Å²) in [5, 5.41) is 0. The average Bonchev–Trinajstić information content (AvgIpc) is 2.24. The van der Waals surface area contributed by atoms with Gasteiger partial charge in [0.25, 0.3) is 6.10 Å². The van der Waals surface area contributed by atoms with E-state index in [4.69, 9.17) is 0 Å². The lowest BCUT2D eigenvalue weighted by atomic mass is 10.3. The van der Waals surface area contributed by atoms with Crippen LogP contribution < -0.4 is 0 Å². The predicted octanol–water partition coefficient (Wildman–Crippen LogP) is 3.38. The normalized spacial score (nSPS) is 11.9. The maximum atomic E-state index is 11.4. The first-order valence-electron chi connectivity index (χ1n) is 4.88. The SMILES string of the molecule is CCCC(=O)OC.FCOC(C(F)(F)F)C(F)(F)F. The summed E-state index contributed by atoms with van der Waals surface area (Å²) < 4.78 is 86.6. The monoisotopic (exact) mass is 302 g/mol. The molecule has 0 unspecified atom stereocenters. The van der Waals surface area contributed by atoms with Gasteiger partial charge in [0.1, 0.15) is 0 Å². The third-order valence-corrected chi connectivity index (χ3v) is 1.51. The summed E-state index contributed by atoms with van der Waals surface area (Å²) >= 11 is 0. The van der Waals surface area contributed by atoms with Gasteiger partial charge in [-0.1, -0.05) is 6.92 Å². The number of hydrogen-bond donors (Lipinski definition) is 0. The fraction of sp³-hybridized carbons (Fsp3) is 0.889. The van der Waals surface area contributed by atoms with Gasteiger partial charge in [0.2, 0.25) is 0 Å². The molecule has 0 N–H and O–H groups in total. The van der Waals surface area contributed by atoms with Crippen LogP contribution in [0.3, 0.4) is 0 Å². The molecule has 0 aliphatic heterocycles. The van der Waals surface area contributed by atoms with E-state index in [2.05, 4.69) is 9.47 Å². The number of esters is 1. The number of methoxy groups -OCH3 is 1. The van der Waals surface area contributed by atoms with E-state index in [0.717, 1.165) is 6.42 Å². The molecule has 0 amide bonds. The molecule has 19 heavy (non-hydrogen) atoms. The van der Waals surface area contributed by atoms with Crippen LogP contribution in [0.25, 0.3) is 0 Å². The van der Waals surface area contributed by atoms with Crippen LogP contribution in [0.15, 0.2) is 0 Å². The lowest BCUT2D eigenvalue weighted by Gasteiger charge is -2.21. The van der Waals surface area contributed by atoms with Crippen LogP contribution in [0.2, 0.25) is 0 Å². The van der Waals surface area contributed by atoms with Crippen LogP contribution in [0.1, 0.15) is 19.8 Å². The minimum atomic E-state index is -5.63. The summed E-state index contributed by atoms with van der Waals surface area (Å²) in [5.41, 5.74) is 0. The van der Waals surface area contributed by atoms with Crippen LogP contribution >= 0.6 is 0 Å². The van der Waals surface area contributed by atoms with Crippen molar-refractivity contribution < 1.29 is 45.0 Å². The van der Waals surface area contributed by atoms with Crippen molar-refractivity contribution in [1.82, 2.24) is 0 Å². The Bertz CT molecular complexity index is 235. The number of carbonyl (C=O) groups is 1. The van der Waals surface area contributed by atoms with Crippen LogP contribution in [-0.2, 0) is 14.3 Å². The molecule has 0 bridgehead atoms. The average molecular weight is 302 g/mol. The quantitative estimate of drug-likeness (QED) is 0.590. The Labute approximate surface area is 104 Å². The second-order valence-electron chi connectivity index (χ2n) is 3.07. The minimum absolute atomic E-state index is 0.123. The van der Waals surface area contributed by atoms with Gasteiger partial charge in [0.05, 0.1) is 7.11 Å². The summed E-state index contributed by atoms with van der Waals surface area (Å²) in [7, 11) is 1.40. The highest BCUT2D eigenvalue weighted by Crippen LogP contribution is 2.35. The van der Waals surface area contributed by atoms with E-state index < -0.39 is 25.3 Å².